The average Bonchev–Trinajstić information content (AvgIpc) is 2.81. The highest BCUT2D eigenvalue weighted by Gasteiger charge is 2.20. The first kappa shape index (κ1) is 11.0. The SMILES string of the molecule is NC(C(=O)O)c1ncc(C2CCCC2)cn1. The lowest BCUT2D eigenvalue weighted by Crippen LogP contribution is -2.23. The summed E-state index contributed by atoms with van der Waals surface area (Å²) >= 11 is 0. The van der Waals surface area contributed by atoms with E-state index in [1.807, 2.05) is 0 Å². The van der Waals surface area contributed by atoms with E-state index in [1.165, 1.54) is 25.7 Å². The fourth-order valence-electron chi connectivity index (χ4n) is 2.09. The first-order valence-electron chi connectivity index (χ1n) is 5.48. The highest BCUT2D eigenvalue weighted by Crippen LogP contribution is 2.33. The molecule has 0 radical (unpaired) electrons. The van der Waals surface area contributed by atoms with E-state index in [1.54, 1.807) is 12.4 Å². The fraction of sp³-hybridized carbons (Fsp3) is 0.545. The summed E-state index contributed by atoms with van der Waals surface area (Å²) in [5.41, 5.74) is 6.51. The Labute approximate surface area is 93.7 Å². The van der Waals surface area contributed by atoms with Gasteiger partial charge in [-0.05, 0) is 24.3 Å². The predicted octanol–water partition coefficient (Wildman–Crippen LogP) is 1.22. The van der Waals surface area contributed by atoms with Crippen molar-refractivity contribution in [2.75, 3.05) is 0 Å². The molecule has 1 saturated carbocycles. The van der Waals surface area contributed by atoms with Gasteiger partial charge >= 0.3 is 5.97 Å². The zero-order valence-corrected chi connectivity index (χ0v) is 8.97. The van der Waals surface area contributed by atoms with Gasteiger partial charge in [0, 0.05) is 12.4 Å². The van der Waals surface area contributed by atoms with Crippen molar-refractivity contribution in [1.82, 2.24) is 9.97 Å². The molecule has 1 heterocycles. The Hall–Kier alpha value is -1.49. The Morgan fingerprint density at radius 1 is 1.38 bits per heavy atom. The van der Waals surface area contributed by atoms with Crippen LogP contribution in [0.4, 0.5) is 0 Å². The Morgan fingerprint density at radius 2 is 1.94 bits per heavy atom. The van der Waals surface area contributed by atoms with Crippen molar-refractivity contribution in [3.05, 3.63) is 23.8 Å². The van der Waals surface area contributed by atoms with E-state index in [0.29, 0.717) is 5.92 Å². The van der Waals surface area contributed by atoms with Gasteiger partial charge in [-0.25, -0.2) is 9.97 Å². The lowest BCUT2D eigenvalue weighted by atomic mass is 10.0. The quantitative estimate of drug-likeness (QED) is 0.801. The lowest BCUT2D eigenvalue weighted by Gasteiger charge is -2.10. The maximum Gasteiger partial charge on any atom is 0.328 e. The minimum atomic E-state index is -1.13. The number of carboxylic acids is 1. The molecule has 5 heteroatoms. The van der Waals surface area contributed by atoms with Crippen molar-refractivity contribution < 1.29 is 9.90 Å². The minimum Gasteiger partial charge on any atom is -0.480 e. The summed E-state index contributed by atoms with van der Waals surface area (Å²) in [7, 11) is 0. The van der Waals surface area contributed by atoms with Gasteiger partial charge in [0.15, 0.2) is 11.9 Å². The van der Waals surface area contributed by atoms with E-state index in [0.717, 1.165) is 5.56 Å². The summed E-state index contributed by atoms with van der Waals surface area (Å²) < 4.78 is 0. The number of carboxylic acid groups (broad SMARTS) is 1. The van der Waals surface area contributed by atoms with Crippen LogP contribution in [0.15, 0.2) is 12.4 Å². The second-order valence-corrected chi connectivity index (χ2v) is 4.17. The monoisotopic (exact) mass is 221 g/mol. The van der Waals surface area contributed by atoms with Crippen LogP contribution in [0, 0.1) is 0 Å². The van der Waals surface area contributed by atoms with Gasteiger partial charge in [0.1, 0.15) is 0 Å². The number of carbonyl (C=O) groups is 1. The Morgan fingerprint density at radius 3 is 2.44 bits per heavy atom. The molecule has 0 aliphatic heterocycles. The number of aromatic nitrogens is 2. The molecule has 86 valence electrons. The van der Waals surface area contributed by atoms with Gasteiger partial charge in [-0.3, -0.25) is 4.79 Å². The van der Waals surface area contributed by atoms with Crippen LogP contribution in [0.1, 0.15) is 49.0 Å². The fourth-order valence-corrected chi connectivity index (χ4v) is 2.09. The van der Waals surface area contributed by atoms with E-state index >= 15 is 0 Å². The van der Waals surface area contributed by atoms with Gasteiger partial charge in [-0.2, -0.15) is 0 Å². The van der Waals surface area contributed by atoms with Gasteiger partial charge in [0.2, 0.25) is 0 Å². The predicted molar refractivity (Wildman–Crippen MR) is 57.8 cm³/mol. The second-order valence-electron chi connectivity index (χ2n) is 4.17. The number of hydrogen-bond acceptors (Lipinski definition) is 4. The summed E-state index contributed by atoms with van der Waals surface area (Å²) in [6.45, 7) is 0. The molecule has 5 nitrogen and oxygen atoms in total. The standard InChI is InChI=1S/C11H15N3O2/c12-9(11(15)16)10-13-5-8(6-14-10)7-3-1-2-4-7/h5-7,9H,1-4,12H2,(H,15,16). The van der Waals surface area contributed by atoms with Gasteiger partial charge in [0.25, 0.3) is 0 Å². The Balaban J connectivity index is 2.12. The molecule has 0 bridgehead atoms. The molecule has 0 aromatic carbocycles. The molecule has 1 atom stereocenters. The van der Waals surface area contributed by atoms with Crippen molar-refractivity contribution >= 4 is 5.97 Å². The summed E-state index contributed by atoms with van der Waals surface area (Å²) in [6.07, 6.45) is 8.27. The molecule has 2 rings (SSSR count). The van der Waals surface area contributed by atoms with Gasteiger partial charge in [-0.15, -0.1) is 0 Å². The highest BCUT2D eigenvalue weighted by molar-refractivity contribution is 5.73. The summed E-state index contributed by atoms with van der Waals surface area (Å²) in [5, 5.41) is 8.71. The van der Waals surface area contributed by atoms with Crippen molar-refractivity contribution in [3.63, 3.8) is 0 Å². The summed E-state index contributed by atoms with van der Waals surface area (Å²) in [5.74, 6) is -0.391. The van der Waals surface area contributed by atoms with E-state index in [4.69, 9.17) is 10.8 Å². The number of nitrogens with zero attached hydrogens (tertiary/aromatic N) is 2. The molecule has 1 aromatic rings. The highest BCUT2D eigenvalue weighted by atomic mass is 16.4. The van der Waals surface area contributed by atoms with Gasteiger partial charge < -0.3 is 10.8 Å². The molecule has 1 aliphatic rings. The van der Waals surface area contributed by atoms with E-state index in [2.05, 4.69) is 9.97 Å². The van der Waals surface area contributed by atoms with Crippen LogP contribution < -0.4 is 5.73 Å². The van der Waals surface area contributed by atoms with E-state index in [-0.39, 0.29) is 5.82 Å². The Kier molecular flexibility index (Phi) is 3.14. The number of nitrogens with two attached hydrogens (primary N) is 1. The molecule has 0 amide bonds. The molecule has 16 heavy (non-hydrogen) atoms. The number of hydrogen-bond donors (Lipinski definition) is 2. The first-order valence-corrected chi connectivity index (χ1v) is 5.48. The maximum absolute atomic E-state index is 10.6. The van der Waals surface area contributed by atoms with Crippen LogP contribution in [0.2, 0.25) is 0 Å². The van der Waals surface area contributed by atoms with Crippen LogP contribution in [-0.4, -0.2) is 21.0 Å². The third-order valence-corrected chi connectivity index (χ3v) is 3.06. The third kappa shape index (κ3) is 2.19. The molecular weight excluding hydrogens is 206 g/mol. The van der Waals surface area contributed by atoms with Crippen molar-refractivity contribution in [2.45, 2.75) is 37.6 Å². The van der Waals surface area contributed by atoms with Gasteiger partial charge in [0.05, 0.1) is 0 Å². The third-order valence-electron chi connectivity index (χ3n) is 3.06. The van der Waals surface area contributed by atoms with Crippen LogP contribution in [0.25, 0.3) is 0 Å². The number of aliphatic carboxylic acids is 1. The smallest absolute Gasteiger partial charge is 0.328 e. The van der Waals surface area contributed by atoms with Crippen LogP contribution in [-0.2, 0) is 4.79 Å². The van der Waals surface area contributed by atoms with Crippen LogP contribution >= 0.6 is 0 Å². The molecule has 3 N–H and O–H groups in total. The molecule has 1 fully saturated rings. The summed E-state index contributed by atoms with van der Waals surface area (Å²) in [6, 6.07) is -1.13. The largest absolute Gasteiger partial charge is 0.480 e. The lowest BCUT2D eigenvalue weighted by molar-refractivity contribution is -0.138. The van der Waals surface area contributed by atoms with E-state index in [9.17, 15) is 4.79 Å². The molecule has 0 spiro atoms. The molecule has 1 aromatic heterocycles. The normalized spacial score (nSPS) is 18.6. The topological polar surface area (TPSA) is 89.1 Å². The minimum absolute atomic E-state index is 0.175. The molecule has 1 aliphatic carbocycles. The Bertz CT molecular complexity index is 371. The van der Waals surface area contributed by atoms with Gasteiger partial charge in [-0.1, -0.05) is 12.8 Å². The molecule has 1 unspecified atom stereocenters. The van der Waals surface area contributed by atoms with Crippen LogP contribution in [0.5, 0.6) is 0 Å². The molecular formula is C11H15N3O2. The zero-order chi connectivity index (χ0) is 11.5. The summed E-state index contributed by atoms with van der Waals surface area (Å²) in [4.78, 5) is 18.7. The number of rotatable bonds is 3. The van der Waals surface area contributed by atoms with Crippen molar-refractivity contribution in [2.24, 2.45) is 5.73 Å². The molecule has 0 saturated heterocycles. The van der Waals surface area contributed by atoms with E-state index < -0.39 is 12.0 Å². The van der Waals surface area contributed by atoms with Crippen LogP contribution in [0.3, 0.4) is 0 Å². The second kappa shape index (κ2) is 4.57. The average molecular weight is 221 g/mol. The van der Waals surface area contributed by atoms with Crippen molar-refractivity contribution in [1.29, 1.82) is 0 Å². The first-order chi connectivity index (χ1) is 7.68. The zero-order valence-electron chi connectivity index (χ0n) is 8.97. The van der Waals surface area contributed by atoms with Crippen molar-refractivity contribution in [3.8, 4) is 0 Å². The maximum atomic E-state index is 10.6.